The summed E-state index contributed by atoms with van der Waals surface area (Å²) in [5.74, 6) is 0.548. The number of aliphatic hydroxyl groups is 2. The van der Waals surface area contributed by atoms with Gasteiger partial charge in [-0.1, -0.05) is 73.2 Å². The minimum absolute atomic E-state index is 0.0810. The third-order valence-corrected chi connectivity index (χ3v) is 11.9. The number of likely N-dealkylation sites (tertiary alicyclic amines) is 2. The van der Waals surface area contributed by atoms with Crippen LogP contribution in [-0.4, -0.2) is 65.1 Å². The van der Waals surface area contributed by atoms with Gasteiger partial charge in [0.15, 0.2) is 0 Å². The zero-order valence-corrected chi connectivity index (χ0v) is 26.0. The van der Waals surface area contributed by atoms with E-state index in [-0.39, 0.29) is 35.4 Å². The van der Waals surface area contributed by atoms with Crippen LogP contribution in [0.2, 0.25) is 10.0 Å². The molecule has 0 amide bonds. The lowest BCUT2D eigenvalue weighted by Crippen LogP contribution is -2.60. The molecule has 4 atom stereocenters. The second-order valence-electron chi connectivity index (χ2n) is 13.6. The fourth-order valence-electron chi connectivity index (χ4n) is 9.01. The zero-order valence-electron chi connectivity index (χ0n) is 24.5. The molecule has 4 unspecified atom stereocenters. The molecule has 2 aliphatic heterocycles. The molecule has 2 aliphatic carbocycles. The van der Waals surface area contributed by atoms with Gasteiger partial charge in [-0.25, -0.2) is 0 Å². The van der Waals surface area contributed by atoms with Crippen LogP contribution in [0.15, 0.2) is 48.5 Å². The largest absolute Gasteiger partial charge is 0.396 e. The Balaban J connectivity index is 1.24. The minimum Gasteiger partial charge on any atom is -0.396 e. The highest BCUT2D eigenvalue weighted by Crippen LogP contribution is 2.52. The fourth-order valence-corrected chi connectivity index (χ4v) is 9.26. The minimum atomic E-state index is -0.338. The van der Waals surface area contributed by atoms with Crippen LogP contribution in [0, 0.1) is 11.8 Å². The second-order valence-corrected chi connectivity index (χ2v) is 14.5. The van der Waals surface area contributed by atoms with E-state index in [1.807, 2.05) is 24.3 Å². The van der Waals surface area contributed by atoms with Gasteiger partial charge in [-0.05, 0) is 112 Å². The molecular weight excluding hydrogens is 551 g/mol. The van der Waals surface area contributed by atoms with Gasteiger partial charge < -0.3 is 10.2 Å². The van der Waals surface area contributed by atoms with Gasteiger partial charge in [-0.2, -0.15) is 0 Å². The van der Waals surface area contributed by atoms with E-state index in [1.54, 1.807) is 0 Å². The Kier molecular flexibility index (Phi) is 9.37. The van der Waals surface area contributed by atoms with Gasteiger partial charge in [0.1, 0.15) is 0 Å². The maximum atomic E-state index is 12.0. The summed E-state index contributed by atoms with van der Waals surface area (Å²) in [6, 6.07) is 17.2. The van der Waals surface area contributed by atoms with Crippen molar-refractivity contribution in [2.75, 3.05) is 32.9 Å². The van der Waals surface area contributed by atoms with Gasteiger partial charge in [0.2, 0.25) is 0 Å². The van der Waals surface area contributed by atoms with Crippen molar-refractivity contribution in [3.8, 4) is 0 Å². The Labute approximate surface area is 257 Å². The molecule has 224 valence electrons. The normalized spacial score (nSPS) is 29.5. The van der Waals surface area contributed by atoms with Gasteiger partial charge in [0.25, 0.3) is 0 Å². The van der Waals surface area contributed by atoms with Gasteiger partial charge in [-0.3, -0.25) is 9.80 Å². The predicted octanol–water partition coefficient (Wildman–Crippen LogP) is 7.42. The van der Waals surface area contributed by atoms with Gasteiger partial charge in [0.05, 0.1) is 12.8 Å². The molecule has 2 saturated heterocycles. The lowest BCUT2D eigenvalue weighted by molar-refractivity contribution is -0.0427. The van der Waals surface area contributed by atoms with E-state index in [2.05, 4.69) is 34.1 Å². The summed E-state index contributed by atoms with van der Waals surface area (Å²) in [5, 5.41) is 24.3. The Bertz CT molecular complexity index is 1130. The number of rotatable bonds is 8. The summed E-state index contributed by atoms with van der Waals surface area (Å²) in [4.78, 5) is 5.39. The molecule has 6 rings (SSSR count). The summed E-state index contributed by atoms with van der Waals surface area (Å²) in [6.45, 7) is 4.28. The summed E-state index contributed by atoms with van der Waals surface area (Å²) >= 11 is 12.5. The monoisotopic (exact) mass is 598 g/mol. The first-order chi connectivity index (χ1) is 19.9. The third kappa shape index (κ3) is 5.87. The maximum Gasteiger partial charge on any atom is 0.0677 e. The molecule has 2 saturated carbocycles. The van der Waals surface area contributed by atoms with E-state index >= 15 is 0 Å². The molecule has 2 N–H and O–H groups in total. The van der Waals surface area contributed by atoms with Crippen molar-refractivity contribution in [1.29, 1.82) is 0 Å². The second kappa shape index (κ2) is 12.8. The number of halogens is 2. The predicted molar refractivity (Wildman–Crippen MR) is 169 cm³/mol. The van der Waals surface area contributed by atoms with Crippen LogP contribution >= 0.6 is 23.2 Å². The van der Waals surface area contributed by atoms with Crippen molar-refractivity contribution >= 4 is 23.2 Å². The highest BCUT2D eigenvalue weighted by Gasteiger charge is 2.52. The number of aliphatic hydroxyl groups excluding tert-OH is 2. The van der Waals surface area contributed by atoms with Gasteiger partial charge in [0, 0.05) is 40.1 Å². The van der Waals surface area contributed by atoms with E-state index in [0.29, 0.717) is 6.04 Å². The van der Waals surface area contributed by atoms with Crippen LogP contribution in [0.5, 0.6) is 0 Å². The van der Waals surface area contributed by atoms with Crippen LogP contribution in [0.1, 0.15) is 88.2 Å². The smallest absolute Gasteiger partial charge is 0.0677 e. The van der Waals surface area contributed by atoms with Crippen LogP contribution in [-0.2, 0) is 10.8 Å². The molecule has 6 heteroatoms. The summed E-state index contributed by atoms with van der Waals surface area (Å²) in [7, 11) is 0. The molecule has 4 nitrogen and oxygen atoms in total. The molecule has 41 heavy (non-hydrogen) atoms. The quantitative estimate of drug-likeness (QED) is 0.332. The van der Waals surface area contributed by atoms with E-state index in [1.165, 1.54) is 62.5 Å². The molecule has 2 heterocycles. The van der Waals surface area contributed by atoms with Crippen LogP contribution in [0.4, 0.5) is 0 Å². The Morgan fingerprint density at radius 3 is 1.95 bits per heavy atom. The summed E-state index contributed by atoms with van der Waals surface area (Å²) in [5.41, 5.74) is 2.59. The molecule has 2 aromatic rings. The fraction of sp³-hybridized carbons (Fsp3) is 0.657. The van der Waals surface area contributed by atoms with Crippen molar-refractivity contribution in [3.05, 3.63) is 69.7 Å². The molecule has 0 bridgehead atoms. The van der Waals surface area contributed by atoms with Gasteiger partial charge in [-0.15, -0.1) is 0 Å². The first-order valence-corrected chi connectivity index (χ1v) is 17.0. The average Bonchev–Trinajstić information content (AvgIpc) is 3.28. The molecule has 2 aromatic carbocycles. The van der Waals surface area contributed by atoms with Gasteiger partial charge >= 0.3 is 0 Å². The summed E-state index contributed by atoms with van der Waals surface area (Å²) in [6.07, 6.45) is 13.5. The molecule has 0 radical (unpaired) electrons. The number of hydrogen-bond acceptors (Lipinski definition) is 4. The van der Waals surface area contributed by atoms with Crippen LogP contribution in [0.25, 0.3) is 0 Å². The van der Waals surface area contributed by atoms with Crippen LogP contribution < -0.4 is 0 Å². The average molecular weight is 600 g/mol. The Hall–Kier alpha value is -1.14. The Morgan fingerprint density at radius 2 is 1.37 bits per heavy atom. The SMILES string of the molecule is OCC1CCCCN(CN2CCCCC(C(O)C3(c4ccc(Cl)cc4)CCC3)C2)C1C1(c2ccc(Cl)cc2)CCC1. The highest BCUT2D eigenvalue weighted by molar-refractivity contribution is 6.30. The van der Waals surface area contributed by atoms with Crippen molar-refractivity contribution in [3.63, 3.8) is 0 Å². The lowest BCUT2D eigenvalue weighted by atomic mass is 9.57. The third-order valence-electron chi connectivity index (χ3n) is 11.4. The topological polar surface area (TPSA) is 46.9 Å². The van der Waals surface area contributed by atoms with E-state index in [4.69, 9.17) is 23.2 Å². The summed E-state index contributed by atoms with van der Waals surface area (Å²) < 4.78 is 0. The Morgan fingerprint density at radius 1 is 0.756 bits per heavy atom. The van der Waals surface area contributed by atoms with Crippen molar-refractivity contribution in [2.45, 2.75) is 100 Å². The molecule has 0 spiro atoms. The zero-order chi connectivity index (χ0) is 28.5. The van der Waals surface area contributed by atoms with E-state index < -0.39 is 0 Å². The highest BCUT2D eigenvalue weighted by atomic mass is 35.5. The number of hydrogen-bond donors (Lipinski definition) is 2. The lowest BCUT2D eigenvalue weighted by Gasteiger charge is -2.55. The molecule has 4 aliphatic rings. The van der Waals surface area contributed by atoms with E-state index in [0.717, 1.165) is 62.0 Å². The number of nitrogens with zero attached hydrogens (tertiary/aromatic N) is 2. The molecule has 0 aromatic heterocycles. The van der Waals surface area contributed by atoms with Crippen molar-refractivity contribution in [1.82, 2.24) is 9.80 Å². The van der Waals surface area contributed by atoms with Crippen molar-refractivity contribution < 1.29 is 10.2 Å². The van der Waals surface area contributed by atoms with E-state index in [9.17, 15) is 10.2 Å². The van der Waals surface area contributed by atoms with Crippen LogP contribution in [0.3, 0.4) is 0 Å². The first kappa shape index (κ1) is 29.9. The van der Waals surface area contributed by atoms with Crippen molar-refractivity contribution in [2.24, 2.45) is 11.8 Å². The first-order valence-electron chi connectivity index (χ1n) is 16.2. The molecular formula is C35H48Cl2N2O2. The number of benzene rings is 2. The molecule has 4 fully saturated rings. The maximum absolute atomic E-state index is 12.0. The standard InChI is InChI=1S/C35H48Cl2N2O2/c36-30-13-9-28(10-14-30)34(17-5-18-34)32-27(24-40)8-2-4-22-39(32)25-38-21-3-1-7-26(23-38)33(41)35(19-6-20-35)29-11-15-31(37)16-12-29/h9-16,26-27,32-33,40-41H,1-8,17-25H2.